The number of carbonyl (C=O) groups excluding carboxylic acids is 3. The highest BCUT2D eigenvalue weighted by Gasteiger charge is 2.82. The number of fused-ring (bicyclic) bond motifs is 6. The molecule has 3 heterocycles. The molecule has 0 radical (unpaired) electrons. The fourth-order valence-corrected chi connectivity index (χ4v) is 8.81. The van der Waals surface area contributed by atoms with Crippen molar-refractivity contribution >= 4 is 46.5 Å². The molecule has 3 aromatic rings. The highest BCUT2D eigenvalue weighted by Crippen LogP contribution is 2.70. The number of amides is 1. The Kier molecular flexibility index (Phi) is 4.89. The minimum absolute atomic E-state index is 0.173. The van der Waals surface area contributed by atoms with Gasteiger partial charge in [-0.05, 0) is 35.2 Å². The van der Waals surface area contributed by atoms with Crippen LogP contribution in [0.2, 0.25) is 5.02 Å². The first-order valence-electron chi connectivity index (χ1n) is 12.6. The molecule has 2 fully saturated rings. The smallest absolute Gasteiger partial charge is 0.251 e. The third-order valence-electron chi connectivity index (χ3n) is 8.82. The highest BCUT2D eigenvalue weighted by atomic mass is 35.5. The highest BCUT2D eigenvalue weighted by molar-refractivity contribution is 7.99. The van der Waals surface area contributed by atoms with Crippen molar-refractivity contribution in [3.05, 3.63) is 99.6 Å². The van der Waals surface area contributed by atoms with Crippen molar-refractivity contribution in [3.8, 4) is 0 Å². The second-order valence-electron chi connectivity index (χ2n) is 10.7. The fraction of sp³-hybridized carbons (Fsp3) is 0.300. The van der Waals surface area contributed by atoms with E-state index < -0.39 is 16.9 Å². The quantitative estimate of drug-likeness (QED) is 0.423. The summed E-state index contributed by atoms with van der Waals surface area (Å²) in [6.07, 6.45) is 0. The lowest BCUT2D eigenvalue weighted by Gasteiger charge is -2.42. The summed E-state index contributed by atoms with van der Waals surface area (Å²) in [6, 6.07) is 20.4. The normalized spacial score (nSPS) is 27.3. The molecular formula is C30H25ClN2O3S. The van der Waals surface area contributed by atoms with E-state index in [2.05, 4.69) is 48.3 Å². The van der Waals surface area contributed by atoms with Crippen molar-refractivity contribution in [2.45, 2.75) is 37.3 Å². The lowest BCUT2D eigenvalue weighted by atomic mass is 9.57. The van der Waals surface area contributed by atoms with Crippen molar-refractivity contribution in [3.63, 3.8) is 0 Å². The first-order valence-corrected chi connectivity index (χ1v) is 14.1. The summed E-state index contributed by atoms with van der Waals surface area (Å²) in [5, 5.41) is 3.50. The number of ketones is 2. The number of nitrogens with one attached hydrogen (secondary N) is 1. The van der Waals surface area contributed by atoms with Crippen molar-refractivity contribution in [1.29, 1.82) is 0 Å². The Labute approximate surface area is 224 Å². The number of anilines is 1. The van der Waals surface area contributed by atoms with Gasteiger partial charge >= 0.3 is 0 Å². The number of hydrogen-bond acceptors (Lipinski definition) is 5. The van der Waals surface area contributed by atoms with Gasteiger partial charge in [0.2, 0.25) is 0 Å². The van der Waals surface area contributed by atoms with Gasteiger partial charge in [0.05, 0.1) is 0 Å². The van der Waals surface area contributed by atoms with Gasteiger partial charge in [-0.1, -0.05) is 74.0 Å². The summed E-state index contributed by atoms with van der Waals surface area (Å²) in [7, 11) is 0. The van der Waals surface area contributed by atoms with Crippen molar-refractivity contribution in [2.24, 2.45) is 5.41 Å². The van der Waals surface area contributed by atoms with Gasteiger partial charge in [-0.2, -0.15) is 0 Å². The number of thioether (sulfide) groups is 1. The van der Waals surface area contributed by atoms with Crippen LogP contribution in [-0.2, 0) is 10.3 Å². The zero-order valence-electron chi connectivity index (χ0n) is 20.5. The maximum Gasteiger partial charge on any atom is 0.251 e. The number of Topliss-reactive ketones (excluding diaryl/α,β-unsaturated/α-hetero) is 2. The summed E-state index contributed by atoms with van der Waals surface area (Å²) in [5.74, 6) is 0.260. The summed E-state index contributed by atoms with van der Waals surface area (Å²) >= 11 is 8.23. The van der Waals surface area contributed by atoms with E-state index in [0.29, 0.717) is 39.2 Å². The SMILES string of the molecule is CC(C)c1ccc([C@H]2[C@@H]3CSCN3[C@@]3(C(=O)Nc4ccc(Cl)cc43)C23C(=O)c2ccccc2C3=O)cc1. The molecule has 7 rings (SSSR count). The van der Waals surface area contributed by atoms with Gasteiger partial charge in [-0.3, -0.25) is 19.3 Å². The Morgan fingerprint density at radius 3 is 2.30 bits per heavy atom. The van der Waals surface area contributed by atoms with Gasteiger partial charge in [-0.15, -0.1) is 11.8 Å². The Morgan fingerprint density at radius 2 is 1.65 bits per heavy atom. The van der Waals surface area contributed by atoms with Crippen LogP contribution in [0.15, 0.2) is 66.7 Å². The minimum atomic E-state index is -1.64. The van der Waals surface area contributed by atoms with Crippen molar-refractivity contribution in [1.82, 2.24) is 4.90 Å². The molecule has 0 aromatic heterocycles. The van der Waals surface area contributed by atoms with E-state index >= 15 is 0 Å². The lowest BCUT2D eigenvalue weighted by Crippen LogP contribution is -2.60. The molecule has 1 N–H and O–H groups in total. The Bertz CT molecular complexity index is 1480. The molecule has 5 nitrogen and oxygen atoms in total. The number of halogens is 1. The van der Waals surface area contributed by atoms with Gasteiger partial charge < -0.3 is 5.32 Å². The molecule has 3 aliphatic heterocycles. The van der Waals surface area contributed by atoms with Crippen LogP contribution in [0.4, 0.5) is 5.69 Å². The molecule has 186 valence electrons. The van der Waals surface area contributed by atoms with Crippen LogP contribution in [0.5, 0.6) is 0 Å². The minimum Gasteiger partial charge on any atom is -0.324 e. The van der Waals surface area contributed by atoms with Crippen LogP contribution >= 0.6 is 23.4 Å². The molecule has 1 amide bonds. The Morgan fingerprint density at radius 1 is 0.973 bits per heavy atom. The molecule has 0 bridgehead atoms. The van der Waals surface area contributed by atoms with Gasteiger partial charge in [0.15, 0.2) is 17.1 Å². The van der Waals surface area contributed by atoms with E-state index in [-0.39, 0.29) is 23.5 Å². The topological polar surface area (TPSA) is 66.5 Å². The average molecular weight is 529 g/mol. The number of benzene rings is 3. The molecule has 0 saturated carbocycles. The van der Waals surface area contributed by atoms with E-state index in [1.165, 1.54) is 5.56 Å². The predicted molar refractivity (Wildman–Crippen MR) is 146 cm³/mol. The molecule has 3 aromatic carbocycles. The largest absolute Gasteiger partial charge is 0.324 e. The number of nitrogens with zero attached hydrogens (tertiary/aromatic N) is 1. The van der Waals surface area contributed by atoms with Gasteiger partial charge in [-0.25, -0.2) is 0 Å². The molecule has 2 spiro atoms. The van der Waals surface area contributed by atoms with E-state index in [1.54, 1.807) is 54.2 Å². The second kappa shape index (κ2) is 7.79. The molecule has 3 atom stereocenters. The summed E-state index contributed by atoms with van der Waals surface area (Å²) in [5.41, 5.74) is 0.992. The number of rotatable bonds is 2. The summed E-state index contributed by atoms with van der Waals surface area (Å²) in [6.45, 7) is 4.28. The number of carbonyl (C=O) groups is 3. The monoisotopic (exact) mass is 528 g/mol. The maximum absolute atomic E-state index is 14.8. The summed E-state index contributed by atoms with van der Waals surface area (Å²) in [4.78, 5) is 46.0. The molecule has 2 saturated heterocycles. The van der Waals surface area contributed by atoms with Crippen LogP contribution in [0.25, 0.3) is 0 Å². The molecule has 7 heteroatoms. The third kappa shape index (κ3) is 2.63. The Hall–Kier alpha value is -2.93. The van der Waals surface area contributed by atoms with Crippen LogP contribution in [-0.4, -0.2) is 40.0 Å². The number of hydrogen-bond donors (Lipinski definition) is 1. The second-order valence-corrected chi connectivity index (χ2v) is 12.1. The average Bonchev–Trinajstić information content (AvgIpc) is 3.60. The summed E-state index contributed by atoms with van der Waals surface area (Å²) < 4.78 is 0. The van der Waals surface area contributed by atoms with Crippen LogP contribution in [0.1, 0.15) is 63.1 Å². The van der Waals surface area contributed by atoms with Gasteiger partial charge in [0.25, 0.3) is 5.91 Å². The first kappa shape index (κ1) is 23.2. The zero-order chi connectivity index (χ0) is 25.7. The van der Waals surface area contributed by atoms with E-state index in [4.69, 9.17) is 11.6 Å². The third-order valence-corrected chi connectivity index (χ3v) is 10.1. The fourth-order valence-electron chi connectivity index (χ4n) is 7.33. The molecule has 37 heavy (non-hydrogen) atoms. The maximum atomic E-state index is 14.8. The van der Waals surface area contributed by atoms with Crippen LogP contribution in [0, 0.1) is 5.41 Å². The van der Waals surface area contributed by atoms with Crippen molar-refractivity contribution in [2.75, 3.05) is 16.9 Å². The predicted octanol–water partition coefficient (Wildman–Crippen LogP) is 5.85. The van der Waals surface area contributed by atoms with Crippen LogP contribution < -0.4 is 5.32 Å². The van der Waals surface area contributed by atoms with E-state index in [9.17, 15) is 14.4 Å². The molecule has 4 aliphatic rings. The van der Waals surface area contributed by atoms with E-state index in [1.807, 2.05) is 0 Å². The van der Waals surface area contributed by atoms with Gasteiger partial charge in [0.1, 0.15) is 5.41 Å². The van der Waals surface area contributed by atoms with Gasteiger partial charge in [0, 0.05) is 51.0 Å². The molecule has 1 aliphatic carbocycles. The molecule has 0 unspecified atom stereocenters. The first-order chi connectivity index (χ1) is 17.8. The van der Waals surface area contributed by atoms with Crippen molar-refractivity contribution < 1.29 is 14.4 Å². The molecular weight excluding hydrogens is 504 g/mol. The van der Waals surface area contributed by atoms with Crippen LogP contribution in [0.3, 0.4) is 0 Å². The lowest BCUT2D eigenvalue weighted by molar-refractivity contribution is -0.129. The standard InChI is InChI=1S/C30H25ClN2O3S/c1-16(2)17-7-9-18(10-8-17)25-24-14-37-15-33(24)30(22-13-19(31)11-12-23(22)32-28(30)36)29(25)26(34)20-5-3-4-6-21(20)27(29)35/h3-13,16,24-25H,14-15H2,1-2H3,(H,32,36)/t24-,25-,30-/m0/s1. The van der Waals surface area contributed by atoms with E-state index in [0.717, 1.165) is 11.3 Å². The zero-order valence-corrected chi connectivity index (χ0v) is 22.0. The Balaban J connectivity index is 1.58.